The third-order valence-electron chi connectivity index (χ3n) is 4.08. The number of aromatic nitrogens is 1. The number of nitrogens with zero attached hydrogens (tertiary/aromatic N) is 4. The molecule has 0 spiro atoms. The van der Waals surface area contributed by atoms with E-state index in [1.165, 1.54) is 12.3 Å². The van der Waals surface area contributed by atoms with Crippen molar-refractivity contribution in [2.24, 2.45) is 0 Å². The Morgan fingerprint density at radius 1 is 1.15 bits per heavy atom. The minimum absolute atomic E-state index is 0.0303. The molecular weight excluding hydrogens is 360 g/mol. The number of amides is 1. The van der Waals surface area contributed by atoms with Crippen LogP contribution in [0.25, 0.3) is 0 Å². The monoisotopic (exact) mass is 376 g/mol. The molecule has 2 aromatic rings. The summed E-state index contributed by atoms with van der Waals surface area (Å²) in [6, 6.07) is 9.90. The van der Waals surface area contributed by atoms with Gasteiger partial charge < -0.3 is 14.5 Å². The maximum atomic E-state index is 12.3. The number of ether oxygens (including phenoxy) is 1. The number of hydrogen-bond acceptors (Lipinski definition) is 6. The van der Waals surface area contributed by atoms with Crippen LogP contribution in [0.15, 0.2) is 42.6 Å². The lowest BCUT2D eigenvalue weighted by molar-refractivity contribution is -0.385. The van der Waals surface area contributed by atoms with Gasteiger partial charge >= 0.3 is 0 Å². The first-order valence-electron chi connectivity index (χ1n) is 8.04. The van der Waals surface area contributed by atoms with Crippen molar-refractivity contribution in [2.45, 2.75) is 0 Å². The summed E-state index contributed by atoms with van der Waals surface area (Å²) in [7, 11) is 0. The molecule has 2 heterocycles. The summed E-state index contributed by atoms with van der Waals surface area (Å²) >= 11 is 5.81. The van der Waals surface area contributed by atoms with Crippen molar-refractivity contribution in [3.05, 3.63) is 57.7 Å². The zero-order chi connectivity index (χ0) is 18.5. The number of hydrogen-bond donors (Lipinski definition) is 0. The number of nitro groups is 1. The molecule has 0 radical (unpaired) electrons. The number of rotatable bonds is 5. The summed E-state index contributed by atoms with van der Waals surface area (Å²) in [6.07, 6.45) is 1.24. The Kier molecular flexibility index (Phi) is 5.52. The fraction of sp³-hybridized carbons (Fsp3) is 0.294. The molecule has 0 atom stereocenters. The molecule has 3 rings (SSSR count). The fourth-order valence-electron chi connectivity index (χ4n) is 2.63. The van der Waals surface area contributed by atoms with Crippen LogP contribution in [0.1, 0.15) is 0 Å². The summed E-state index contributed by atoms with van der Waals surface area (Å²) in [4.78, 5) is 30.3. The van der Waals surface area contributed by atoms with Gasteiger partial charge in [-0.25, -0.2) is 4.98 Å². The van der Waals surface area contributed by atoms with Crippen LogP contribution in [-0.2, 0) is 4.79 Å². The van der Waals surface area contributed by atoms with Gasteiger partial charge in [-0.1, -0.05) is 11.6 Å². The van der Waals surface area contributed by atoms with E-state index in [-0.39, 0.29) is 18.2 Å². The van der Waals surface area contributed by atoms with Crippen molar-refractivity contribution < 1.29 is 14.5 Å². The van der Waals surface area contributed by atoms with Gasteiger partial charge in [0.05, 0.1) is 4.92 Å². The van der Waals surface area contributed by atoms with Crippen LogP contribution in [0.4, 0.5) is 11.5 Å². The van der Waals surface area contributed by atoms with E-state index in [4.69, 9.17) is 16.3 Å². The molecule has 1 aromatic carbocycles. The molecule has 0 bridgehead atoms. The Hall–Kier alpha value is -2.87. The molecule has 8 nitrogen and oxygen atoms in total. The lowest BCUT2D eigenvalue weighted by atomic mass is 10.3. The summed E-state index contributed by atoms with van der Waals surface area (Å²) in [5.74, 6) is 1.17. The molecule has 1 aliphatic rings. The van der Waals surface area contributed by atoms with Gasteiger partial charge in [0.1, 0.15) is 17.8 Å². The molecule has 1 aromatic heterocycles. The van der Waals surface area contributed by atoms with Crippen LogP contribution in [0.2, 0.25) is 5.02 Å². The van der Waals surface area contributed by atoms with Gasteiger partial charge in [-0.15, -0.1) is 0 Å². The van der Waals surface area contributed by atoms with Crippen molar-refractivity contribution >= 4 is 29.0 Å². The highest BCUT2D eigenvalue weighted by Crippen LogP contribution is 2.18. The van der Waals surface area contributed by atoms with Gasteiger partial charge in [0.2, 0.25) is 0 Å². The first-order valence-corrected chi connectivity index (χ1v) is 8.42. The lowest BCUT2D eigenvalue weighted by Crippen LogP contribution is -2.50. The Labute approximate surface area is 155 Å². The number of halogens is 1. The van der Waals surface area contributed by atoms with Gasteiger partial charge in [-0.2, -0.15) is 0 Å². The van der Waals surface area contributed by atoms with E-state index >= 15 is 0 Å². The number of carbonyl (C=O) groups is 1. The average Bonchev–Trinajstić information content (AvgIpc) is 2.67. The van der Waals surface area contributed by atoms with Crippen LogP contribution < -0.4 is 9.64 Å². The van der Waals surface area contributed by atoms with E-state index in [0.717, 1.165) is 0 Å². The second-order valence-corrected chi connectivity index (χ2v) is 6.18. The second kappa shape index (κ2) is 8.01. The minimum Gasteiger partial charge on any atom is -0.484 e. The average molecular weight is 377 g/mol. The molecule has 0 saturated carbocycles. The van der Waals surface area contributed by atoms with Crippen LogP contribution in [0.5, 0.6) is 5.75 Å². The Morgan fingerprint density at radius 2 is 1.85 bits per heavy atom. The van der Waals surface area contributed by atoms with Crippen LogP contribution in [0.3, 0.4) is 0 Å². The Bertz CT molecular complexity index is 774. The lowest BCUT2D eigenvalue weighted by Gasteiger charge is -2.35. The third kappa shape index (κ3) is 4.40. The highest BCUT2D eigenvalue weighted by atomic mass is 35.5. The van der Waals surface area contributed by atoms with E-state index in [2.05, 4.69) is 4.98 Å². The van der Waals surface area contributed by atoms with E-state index in [9.17, 15) is 14.9 Å². The zero-order valence-electron chi connectivity index (χ0n) is 13.9. The summed E-state index contributed by atoms with van der Waals surface area (Å²) in [5, 5.41) is 11.3. The van der Waals surface area contributed by atoms with Crippen LogP contribution in [0, 0.1) is 10.1 Å². The quantitative estimate of drug-likeness (QED) is 0.588. The first-order chi connectivity index (χ1) is 12.5. The number of benzene rings is 1. The molecular formula is C17H17ClN4O4. The van der Waals surface area contributed by atoms with Gasteiger partial charge in [-0.05, 0) is 30.3 Å². The molecule has 0 aliphatic carbocycles. The smallest absolute Gasteiger partial charge is 0.287 e. The normalized spacial score (nSPS) is 14.2. The van der Waals surface area contributed by atoms with Gasteiger partial charge in [0.15, 0.2) is 6.61 Å². The van der Waals surface area contributed by atoms with E-state index in [1.54, 1.807) is 35.2 Å². The molecule has 26 heavy (non-hydrogen) atoms. The maximum Gasteiger partial charge on any atom is 0.287 e. The Balaban J connectivity index is 1.48. The molecule has 0 N–H and O–H groups in total. The fourth-order valence-corrected chi connectivity index (χ4v) is 2.75. The summed E-state index contributed by atoms with van der Waals surface area (Å²) in [6.45, 7) is 2.27. The van der Waals surface area contributed by atoms with E-state index in [0.29, 0.717) is 42.8 Å². The summed E-state index contributed by atoms with van der Waals surface area (Å²) in [5.41, 5.74) is -0.0399. The number of piperazine rings is 1. The highest BCUT2D eigenvalue weighted by molar-refractivity contribution is 6.30. The SMILES string of the molecule is O=C(COc1ccc(Cl)cc1)N1CCN(c2ccc([N+](=O)[O-])cn2)CC1. The number of anilines is 1. The molecule has 9 heteroatoms. The van der Waals surface area contributed by atoms with E-state index < -0.39 is 4.92 Å². The molecule has 1 aliphatic heterocycles. The van der Waals surface area contributed by atoms with Crippen molar-refractivity contribution in [3.63, 3.8) is 0 Å². The van der Waals surface area contributed by atoms with Crippen molar-refractivity contribution in [3.8, 4) is 5.75 Å². The standard InChI is InChI=1S/C17H17ClN4O4/c18-13-1-4-15(5-2-13)26-12-17(23)21-9-7-20(8-10-21)16-6-3-14(11-19-16)22(24)25/h1-6,11H,7-10,12H2. The van der Waals surface area contributed by atoms with Crippen LogP contribution >= 0.6 is 11.6 Å². The van der Waals surface area contributed by atoms with Gasteiger partial charge in [0, 0.05) is 37.3 Å². The molecule has 136 valence electrons. The molecule has 1 saturated heterocycles. The largest absolute Gasteiger partial charge is 0.484 e. The van der Waals surface area contributed by atoms with Gasteiger partial charge in [0.25, 0.3) is 11.6 Å². The predicted molar refractivity (Wildman–Crippen MR) is 96.6 cm³/mol. The highest BCUT2D eigenvalue weighted by Gasteiger charge is 2.22. The Morgan fingerprint density at radius 3 is 2.42 bits per heavy atom. The van der Waals surface area contributed by atoms with Crippen molar-refractivity contribution in [1.82, 2.24) is 9.88 Å². The van der Waals surface area contributed by atoms with Crippen LogP contribution in [-0.4, -0.2) is 53.5 Å². The van der Waals surface area contributed by atoms with Crippen molar-refractivity contribution in [1.29, 1.82) is 0 Å². The molecule has 0 unspecified atom stereocenters. The molecule has 1 fully saturated rings. The zero-order valence-corrected chi connectivity index (χ0v) is 14.6. The topological polar surface area (TPSA) is 88.8 Å². The molecule has 1 amide bonds. The first kappa shape index (κ1) is 17.9. The van der Waals surface area contributed by atoms with E-state index in [1.807, 2.05) is 4.90 Å². The minimum atomic E-state index is -0.478. The second-order valence-electron chi connectivity index (χ2n) is 5.74. The maximum absolute atomic E-state index is 12.3. The van der Waals surface area contributed by atoms with Crippen molar-refractivity contribution in [2.75, 3.05) is 37.7 Å². The summed E-state index contributed by atoms with van der Waals surface area (Å²) < 4.78 is 5.48. The predicted octanol–water partition coefficient (Wildman–Crippen LogP) is 2.37. The third-order valence-corrected chi connectivity index (χ3v) is 4.33. The number of pyridine rings is 1. The van der Waals surface area contributed by atoms with Gasteiger partial charge in [-0.3, -0.25) is 14.9 Å². The number of carbonyl (C=O) groups excluding carboxylic acids is 1.